The van der Waals surface area contributed by atoms with Crippen molar-refractivity contribution in [1.82, 2.24) is 10.3 Å². The SMILES string of the molecule is C=CCN(C(=O)C[C@@H](NC(C)=O)c1ccccc1)c1nc(-c2ccc(S(C)(=O)=O)cc2)cs1. The summed E-state index contributed by atoms with van der Waals surface area (Å²) in [5, 5.41) is 5.16. The molecule has 1 N–H and O–H groups in total. The lowest BCUT2D eigenvalue weighted by Gasteiger charge is -2.23. The summed E-state index contributed by atoms with van der Waals surface area (Å²) < 4.78 is 23.4. The van der Waals surface area contributed by atoms with Gasteiger partial charge in [-0.05, 0) is 17.7 Å². The van der Waals surface area contributed by atoms with Crippen molar-refractivity contribution >= 4 is 38.1 Å². The number of nitrogens with zero attached hydrogens (tertiary/aromatic N) is 2. The number of sulfone groups is 1. The minimum absolute atomic E-state index is 0.0649. The highest BCUT2D eigenvalue weighted by atomic mass is 32.2. The number of benzene rings is 2. The van der Waals surface area contributed by atoms with Gasteiger partial charge in [0.25, 0.3) is 0 Å². The third-order valence-corrected chi connectivity index (χ3v) is 6.86. The van der Waals surface area contributed by atoms with E-state index in [-0.39, 0.29) is 29.7 Å². The first-order chi connectivity index (χ1) is 15.7. The Kier molecular flexibility index (Phi) is 7.78. The number of anilines is 1. The summed E-state index contributed by atoms with van der Waals surface area (Å²) >= 11 is 1.31. The van der Waals surface area contributed by atoms with Gasteiger partial charge in [-0.1, -0.05) is 48.5 Å². The summed E-state index contributed by atoms with van der Waals surface area (Å²) in [6.45, 7) is 5.43. The molecule has 33 heavy (non-hydrogen) atoms. The van der Waals surface area contributed by atoms with Crippen molar-refractivity contribution in [3.8, 4) is 11.3 Å². The minimum atomic E-state index is -3.28. The molecule has 0 spiro atoms. The Morgan fingerprint density at radius 1 is 1.15 bits per heavy atom. The van der Waals surface area contributed by atoms with Gasteiger partial charge in [0, 0.05) is 30.7 Å². The third-order valence-electron chi connectivity index (χ3n) is 4.87. The van der Waals surface area contributed by atoms with E-state index in [9.17, 15) is 18.0 Å². The Labute approximate surface area is 197 Å². The molecular weight excluding hydrogens is 458 g/mol. The van der Waals surface area contributed by atoms with Gasteiger partial charge in [0.2, 0.25) is 11.8 Å². The molecule has 2 aromatic carbocycles. The summed E-state index contributed by atoms with van der Waals surface area (Å²) in [4.78, 5) is 31.3. The topological polar surface area (TPSA) is 96.4 Å². The largest absolute Gasteiger partial charge is 0.349 e. The molecule has 3 aromatic rings. The lowest BCUT2D eigenvalue weighted by Crippen LogP contribution is -2.36. The Balaban J connectivity index is 1.83. The summed E-state index contributed by atoms with van der Waals surface area (Å²) in [6.07, 6.45) is 2.84. The molecule has 172 valence electrons. The number of hydrogen-bond donors (Lipinski definition) is 1. The molecule has 0 bridgehead atoms. The molecule has 0 aliphatic carbocycles. The smallest absolute Gasteiger partial charge is 0.231 e. The Morgan fingerprint density at radius 3 is 2.39 bits per heavy atom. The molecule has 1 atom stereocenters. The van der Waals surface area contributed by atoms with E-state index < -0.39 is 15.9 Å². The highest BCUT2D eigenvalue weighted by Gasteiger charge is 2.24. The summed E-state index contributed by atoms with van der Waals surface area (Å²) in [5.74, 6) is -0.424. The van der Waals surface area contributed by atoms with Crippen LogP contribution in [0.3, 0.4) is 0 Å². The maximum Gasteiger partial charge on any atom is 0.231 e. The predicted molar refractivity (Wildman–Crippen MR) is 131 cm³/mol. The molecule has 0 fully saturated rings. The van der Waals surface area contributed by atoms with Gasteiger partial charge in [-0.3, -0.25) is 14.5 Å². The summed E-state index contributed by atoms with van der Waals surface area (Å²) in [5.41, 5.74) is 2.22. The number of hydrogen-bond acceptors (Lipinski definition) is 6. The van der Waals surface area contributed by atoms with Gasteiger partial charge >= 0.3 is 0 Å². The fraction of sp³-hybridized carbons (Fsp3) is 0.208. The zero-order valence-corrected chi connectivity index (χ0v) is 20.0. The van der Waals surface area contributed by atoms with Crippen LogP contribution in [0.15, 0.2) is 77.5 Å². The van der Waals surface area contributed by atoms with Gasteiger partial charge in [0.15, 0.2) is 15.0 Å². The van der Waals surface area contributed by atoms with Crippen LogP contribution < -0.4 is 10.2 Å². The van der Waals surface area contributed by atoms with Crippen LogP contribution in [0.2, 0.25) is 0 Å². The lowest BCUT2D eigenvalue weighted by molar-refractivity contribution is -0.121. The molecule has 7 nitrogen and oxygen atoms in total. The predicted octanol–water partition coefficient (Wildman–Crippen LogP) is 4.00. The van der Waals surface area contributed by atoms with Crippen molar-refractivity contribution in [1.29, 1.82) is 0 Å². The molecule has 0 radical (unpaired) electrons. The van der Waals surface area contributed by atoms with E-state index in [0.29, 0.717) is 10.8 Å². The molecule has 0 saturated carbocycles. The Hall–Kier alpha value is -3.30. The van der Waals surface area contributed by atoms with Crippen LogP contribution in [-0.2, 0) is 19.4 Å². The van der Waals surface area contributed by atoms with Crippen molar-refractivity contribution in [2.75, 3.05) is 17.7 Å². The average Bonchev–Trinajstić information content (AvgIpc) is 3.26. The van der Waals surface area contributed by atoms with Gasteiger partial charge in [0.1, 0.15) is 0 Å². The van der Waals surface area contributed by atoms with Crippen molar-refractivity contribution in [3.63, 3.8) is 0 Å². The lowest BCUT2D eigenvalue weighted by atomic mass is 10.0. The van der Waals surface area contributed by atoms with Crippen molar-refractivity contribution in [3.05, 3.63) is 78.2 Å². The molecule has 0 unspecified atom stereocenters. The second kappa shape index (κ2) is 10.5. The van der Waals surface area contributed by atoms with Crippen LogP contribution in [0.25, 0.3) is 11.3 Å². The zero-order valence-electron chi connectivity index (χ0n) is 18.4. The number of amides is 2. The molecule has 1 heterocycles. The number of nitrogens with one attached hydrogen (secondary N) is 1. The quantitative estimate of drug-likeness (QED) is 0.464. The molecule has 0 aliphatic heterocycles. The normalized spacial score (nSPS) is 12.1. The average molecular weight is 484 g/mol. The van der Waals surface area contributed by atoms with E-state index in [4.69, 9.17) is 0 Å². The second-order valence-corrected chi connectivity index (χ2v) is 10.3. The van der Waals surface area contributed by atoms with Gasteiger partial charge in [-0.2, -0.15) is 0 Å². The number of thiazole rings is 1. The highest BCUT2D eigenvalue weighted by Crippen LogP contribution is 2.29. The van der Waals surface area contributed by atoms with Crippen molar-refractivity contribution in [2.24, 2.45) is 0 Å². The van der Waals surface area contributed by atoms with Crippen LogP contribution in [0.1, 0.15) is 24.9 Å². The van der Waals surface area contributed by atoms with Gasteiger partial charge in [-0.25, -0.2) is 13.4 Å². The first-order valence-electron chi connectivity index (χ1n) is 10.2. The van der Waals surface area contributed by atoms with Gasteiger partial charge < -0.3 is 5.32 Å². The first-order valence-corrected chi connectivity index (χ1v) is 13.0. The maximum atomic E-state index is 13.2. The molecule has 2 amide bonds. The molecule has 9 heteroatoms. The molecule has 0 saturated heterocycles. The summed E-state index contributed by atoms with van der Waals surface area (Å²) in [7, 11) is -3.28. The highest BCUT2D eigenvalue weighted by molar-refractivity contribution is 7.90. The van der Waals surface area contributed by atoms with Crippen LogP contribution in [0, 0.1) is 0 Å². The molecule has 3 rings (SSSR count). The summed E-state index contributed by atoms with van der Waals surface area (Å²) in [6, 6.07) is 15.3. The molecule has 0 aliphatic rings. The van der Waals surface area contributed by atoms with Crippen molar-refractivity contribution in [2.45, 2.75) is 24.3 Å². The van der Waals surface area contributed by atoms with E-state index >= 15 is 0 Å². The number of rotatable bonds is 9. The van der Waals surface area contributed by atoms with E-state index in [2.05, 4.69) is 16.9 Å². The molecule has 1 aromatic heterocycles. The van der Waals surface area contributed by atoms with Crippen LogP contribution >= 0.6 is 11.3 Å². The van der Waals surface area contributed by atoms with Gasteiger partial charge in [0.05, 0.1) is 23.1 Å². The second-order valence-electron chi connectivity index (χ2n) is 7.47. The van der Waals surface area contributed by atoms with Crippen LogP contribution in [-0.4, -0.2) is 38.0 Å². The van der Waals surface area contributed by atoms with Crippen LogP contribution in [0.5, 0.6) is 0 Å². The fourth-order valence-electron chi connectivity index (χ4n) is 3.28. The van der Waals surface area contributed by atoms with E-state index in [1.807, 2.05) is 35.7 Å². The van der Waals surface area contributed by atoms with Gasteiger partial charge in [-0.15, -0.1) is 17.9 Å². The minimum Gasteiger partial charge on any atom is -0.349 e. The number of carbonyl (C=O) groups excluding carboxylic acids is 2. The standard InChI is InChI=1S/C24H25N3O4S2/c1-4-14-27(23(29)15-21(25-17(2)28)18-8-6-5-7-9-18)24-26-22(16-32-24)19-10-12-20(13-11-19)33(3,30)31/h4-13,16,21H,1,14-15H2,2-3H3,(H,25,28)/t21-/m1/s1. The van der Waals surface area contributed by atoms with E-state index in [1.54, 1.807) is 18.2 Å². The Bertz CT molecular complexity index is 1240. The first kappa shape index (κ1) is 24.3. The van der Waals surface area contributed by atoms with E-state index in [1.165, 1.54) is 35.3 Å². The zero-order chi connectivity index (χ0) is 24.0. The fourth-order valence-corrected chi connectivity index (χ4v) is 4.77. The molecular formula is C24H25N3O4S2. The van der Waals surface area contributed by atoms with Crippen LogP contribution in [0.4, 0.5) is 5.13 Å². The monoisotopic (exact) mass is 483 g/mol. The third kappa shape index (κ3) is 6.36. The van der Waals surface area contributed by atoms with Crippen molar-refractivity contribution < 1.29 is 18.0 Å². The van der Waals surface area contributed by atoms with E-state index in [0.717, 1.165) is 17.4 Å². The Morgan fingerprint density at radius 2 is 1.82 bits per heavy atom. The maximum absolute atomic E-state index is 13.2. The number of aromatic nitrogens is 1. The number of carbonyl (C=O) groups is 2.